The highest BCUT2D eigenvalue weighted by Gasteiger charge is 2.05. The third-order valence-corrected chi connectivity index (χ3v) is 2.04. The number of hydrogen-bond donors (Lipinski definition) is 1. The lowest BCUT2D eigenvalue weighted by molar-refractivity contribution is 0.789. The van der Waals surface area contributed by atoms with Crippen LogP contribution in [0, 0.1) is 6.54 Å². The average Bonchev–Trinajstić information content (AvgIpc) is 2.28. The lowest BCUT2D eigenvalue weighted by Gasteiger charge is -2.01. The van der Waals surface area contributed by atoms with Gasteiger partial charge in [-0.3, -0.25) is 0 Å². The summed E-state index contributed by atoms with van der Waals surface area (Å²) in [5.74, 6) is 0. The van der Waals surface area contributed by atoms with Gasteiger partial charge in [-0.2, -0.15) is 0 Å². The minimum Gasteiger partial charge on any atom is -0.307 e. The van der Waals surface area contributed by atoms with Gasteiger partial charge >= 0.3 is 0 Å². The van der Waals surface area contributed by atoms with E-state index >= 15 is 0 Å². The maximum Gasteiger partial charge on any atom is 0.0634 e. The molecule has 0 saturated heterocycles. The van der Waals surface area contributed by atoms with Crippen LogP contribution in [0.4, 0.5) is 0 Å². The lowest BCUT2D eigenvalue weighted by Crippen LogP contribution is -2.10. The SMILES string of the molecule is [C]1Cc2ccccc2CCN1. The Morgan fingerprint density at radius 1 is 1.18 bits per heavy atom. The van der Waals surface area contributed by atoms with Crippen LogP contribution in [0.25, 0.3) is 0 Å². The second-order valence-corrected chi connectivity index (χ2v) is 2.80. The Balaban J connectivity index is 2.33. The van der Waals surface area contributed by atoms with Crippen LogP contribution in [0.2, 0.25) is 0 Å². The molecular formula is C10H11N. The molecule has 0 bridgehead atoms. The predicted molar refractivity (Wildman–Crippen MR) is 45.1 cm³/mol. The predicted octanol–water partition coefficient (Wildman–Crippen LogP) is 1.41. The van der Waals surface area contributed by atoms with E-state index in [4.69, 9.17) is 0 Å². The molecular weight excluding hydrogens is 134 g/mol. The molecule has 1 heteroatoms. The van der Waals surface area contributed by atoms with Crippen molar-refractivity contribution in [2.75, 3.05) is 6.54 Å². The van der Waals surface area contributed by atoms with Gasteiger partial charge in [0.1, 0.15) is 0 Å². The van der Waals surface area contributed by atoms with E-state index in [1.807, 2.05) is 0 Å². The van der Waals surface area contributed by atoms with Crippen molar-refractivity contribution in [2.24, 2.45) is 0 Å². The molecule has 0 fully saturated rings. The molecule has 1 N–H and O–H groups in total. The third kappa shape index (κ3) is 1.43. The molecule has 1 aromatic rings. The summed E-state index contributed by atoms with van der Waals surface area (Å²) < 4.78 is 0. The highest BCUT2D eigenvalue weighted by molar-refractivity contribution is 5.29. The summed E-state index contributed by atoms with van der Waals surface area (Å²) in [7, 11) is 0. The monoisotopic (exact) mass is 145 g/mol. The van der Waals surface area contributed by atoms with Crippen LogP contribution in [0.15, 0.2) is 24.3 Å². The van der Waals surface area contributed by atoms with Crippen LogP contribution in [-0.2, 0) is 12.8 Å². The zero-order valence-electron chi connectivity index (χ0n) is 6.43. The number of benzene rings is 1. The van der Waals surface area contributed by atoms with Crippen LogP contribution in [0.5, 0.6) is 0 Å². The summed E-state index contributed by atoms with van der Waals surface area (Å²) in [5, 5.41) is 3.14. The van der Waals surface area contributed by atoms with Gasteiger partial charge in [0.05, 0.1) is 6.54 Å². The molecule has 0 amide bonds. The summed E-state index contributed by atoms with van der Waals surface area (Å²) >= 11 is 0. The Kier molecular flexibility index (Phi) is 1.91. The van der Waals surface area contributed by atoms with Crippen molar-refractivity contribution < 1.29 is 0 Å². The number of fused-ring (bicyclic) bond motifs is 1. The molecule has 56 valence electrons. The van der Waals surface area contributed by atoms with Crippen molar-refractivity contribution in [1.82, 2.24) is 5.32 Å². The molecule has 0 atom stereocenters. The van der Waals surface area contributed by atoms with Crippen LogP contribution in [0.3, 0.4) is 0 Å². The van der Waals surface area contributed by atoms with Gasteiger partial charge in [0, 0.05) is 0 Å². The first-order valence-electron chi connectivity index (χ1n) is 3.99. The minimum atomic E-state index is 0.941. The summed E-state index contributed by atoms with van der Waals surface area (Å²) in [5.41, 5.74) is 2.88. The van der Waals surface area contributed by atoms with E-state index in [1.54, 1.807) is 0 Å². The van der Waals surface area contributed by atoms with E-state index in [9.17, 15) is 0 Å². The second kappa shape index (κ2) is 3.05. The van der Waals surface area contributed by atoms with Gasteiger partial charge < -0.3 is 5.32 Å². The molecule has 1 heterocycles. The molecule has 0 unspecified atom stereocenters. The number of hydrogen-bond acceptors (Lipinski definition) is 1. The molecule has 2 radical (unpaired) electrons. The van der Waals surface area contributed by atoms with Crippen LogP contribution >= 0.6 is 0 Å². The summed E-state index contributed by atoms with van der Waals surface area (Å²) in [6, 6.07) is 8.56. The fraction of sp³-hybridized carbons (Fsp3) is 0.300. The maximum absolute atomic E-state index is 3.15. The van der Waals surface area contributed by atoms with Gasteiger partial charge in [0.25, 0.3) is 0 Å². The van der Waals surface area contributed by atoms with E-state index in [2.05, 4.69) is 36.1 Å². The molecule has 0 saturated carbocycles. The molecule has 0 aliphatic carbocycles. The standard InChI is InChI=1S/C10H11N/c1-2-4-10-6-8-11-7-5-9(10)3-1/h1-4,11H,5-7H2. The molecule has 1 nitrogen and oxygen atoms in total. The van der Waals surface area contributed by atoms with E-state index in [0.29, 0.717) is 0 Å². The van der Waals surface area contributed by atoms with E-state index in [1.165, 1.54) is 11.1 Å². The van der Waals surface area contributed by atoms with Crippen LogP contribution in [0.1, 0.15) is 11.1 Å². The fourth-order valence-electron chi connectivity index (χ4n) is 1.42. The molecule has 11 heavy (non-hydrogen) atoms. The topological polar surface area (TPSA) is 12.0 Å². The molecule has 0 aromatic heterocycles. The first-order valence-corrected chi connectivity index (χ1v) is 3.99. The van der Waals surface area contributed by atoms with Crippen molar-refractivity contribution in [3.05, 3.63) is 41.9 Å². The fourth-order valence-corrected chi connectivity index (χ4v) is 1.42. The van der Waals surface area contributed by atoms with Gasteiger partial charge in [-0.15, -0.1) is 0 Å². The Hall–Kier alpha value is -0.820. The number of nitrogens with one attached hydrogen (secondary N) is 1. The highest BCUT2D eigenvalue weighted by atomic mass is 14.8. The first-order chi connectivity index (χ1) is 5.47. The highest BCUT2D eigenvalue weighted by Crippen LogP contribution is 2.12. The summed E-state index contributed by atoms with van der Waals surface area (Å²) in [4.78, 5) is 0. The van der Waals surface area contributed by atoms with Crippen molar-refractivity contribution >= 4 is 0 Å². The molecule has 1 aliphatic rings. The normalized spacial score (nSPS) is 17.1. The van der Waals surface area contributed by atoms with Crippen molar-refractivity contribution in [3.8, 4) is 0 Å². The van der Waals surface area contributed by atoms with Crippen LogP contribution in [-0.4, -0.2) is 6.54 Å². The molecule has 2 rings (SSSR count). The Morgan fingerprint density at radius 2 is 2.00 bits per heavy atom. The van der Waals surface area contributed by atoms with Gasteiger partial charge in [-0.25, -0.2) is 0 Å². The average molecular weight is 145 g/mol. The van der Waals surface area contributed by atoms with Crippen molar-refractivity contribution in [2.45, 2.75) is 12.8 Å². The minimum absolute atomic E-state index is 0.941. The summed E-state index contributed by atoms with van der Waals surface area (Å²) in [6.07, 6.45) is 2.07. The second-order valence-electron chi connectivity index (χ2n) is 2.80. The van der Waals surface area contributed by atoms with Crippen molar-refractivity contribution in [3.63, 3.8) is 0 Å². The molecule has 1 aromatic carbocycles. The van der Waals surface area contributed by atoms with Gasteiger partial charge in [-0.05, 0) is 30.5 Å². The smallest absolute Gasteiger partial charge is 0.0634 e. The Labute approximate surface area is 67.4 Å². The molecule has 0 spiro atoms. The Morgan fingerprint density at radius 3 is 2.91 bits per heavy atom. The lowest BCUT2D eigenvalue weighted by atomic mass is 10.0. The quantitative estimate of drug-likeness (QED) is 0.582. The number of rotatable bonds is 0. The zero-order valence-corrected chi connectivity index (χ0v) is 6.43. The van der Waals surface area contributed by atoms with E-state index in [0.717, 1.165) is 19.4 Å². The van der Waals surface area contributed by atoms with E-state index in [-0.39, 0.29) is 0 Å². The van der Waals surface area contributed by atoms with Crippen molar-refractivity contribution in [1.29, 1.82) is 0 Å². The zero-order chi connectivity index (χ0) is 7.52. The van der Waals surface area contributed by atoms with Gasteiger partial charge in [0.2, 0.25) is 0 Å². The first kappa shape index (κ1) is 6.86. The Bertz CT molecular complexity index is 217. The van der Waals surface area contributed by atoms with Crippen LogP contribution < -0.4 is 5.32 Å². The maximum atomic E-state index is 3.15. The van der Waals surface area contributed by atoms with Gasteiger partial charge in [-0.1, -0.05) is 24.3 Å². The van der Waals surface area contributed by atoms with E-state index < -0.39 is 0 Å². The largest absolute Gasteiger partial charge is 0.307 e. The molecule has 1 aliphatic heterocycles. The van der Waals surface area contributed by atoms with Gasteiger partial charge in [0.15, 0.2) is 0 Å². The summed E-state index contributed by atoms with van der Waals surface area (Å²) in [6.45, 7) is 4.18. The third-order valence-electron chi connectivity index (χ3n) is 2.04.